The highest BCUT2D eigenvalue weighted by Gasteiger charge is 2.17. The molecule has 0 radical (unpaired) electrons. The Morgan fingerprint density at radius 2 is 0.699 bits per heavy atom. The van der Waals surface area contributed by atoms with Gasteiger partial charge in [0.2, 0.25) is 0 Å². The molecular formula is C70H46N2O. The van der Waals surface area contributed by atoms with Crippen LogP contribution < -0.4 is 4.90 Å². The van der Waals surface area contributed by atoms with Crippen molar-refractivity contribution in [3.05, 3.63) is 279 Å². The molecule has 0 aliphatic rings. The number of aromatic nitrogens is 1. The minimum Gasteiger partial charge on any atom is -0.456 e. The van der Waals surface area contributed by atoms with E-state index in [1.807, 2.05) is 12.1 Å². The fraction of sp³-hybridized carbons (Fsp3) is 0. The topological polar surface area (TPSA) is 21.3 Å². The summed E-state index contributed by atoms with van der Waals surface area (Å²) in [6.45, 7) is 0. The first-order valence-corrected chi connectivity index (χ1v) is 25.0. The highest BCUT2D eigenvalue weighted by molar-refractivity contribution is 6.09. The van der Waals surface area contributed by atoms with Crippen LogP contribution in [0.4, 0.5) is 17.1 Å². The van der Waals surface area contributed by atoms with Gasteiger partial charge in [0.15, 0.2) is 0 Å². The second-order valence-electron chi connectivity index (χ2n) is 18.9. The molecular weight excluding hydrogens is 885 g/mol. The average molecular weight is 931 g/mol. The molecule has 0 aliphatic carbocycles. The summed E-state index contributed by atoms with van der Waals surface area (Å²) in [6.07, 6.45) is 0. The summed E-state index contributed by atoms with van der Waals surface area (Å²) < 4.78 is 8.70. The molecule has 73 heavy (non-hydrogen) atoms. The van der Waals surface area contributed by atoms with Gasteiger partial charge in [0, 0.05) is 44.3 Å². The molecule has 0 bridgehead atoms. The largest absolute Gasteiger partial charge is 0.456 e. The van der Waals surface area contributed by atoms with Crippen molar-refractivity contribution in [3.63, 3.8) is 0 Å². The highest BCUT2D eigenvalue weighted by atomic mass is 16.3. The lowest BCUT2D eigenvalue weighted by molar-refractivity contribution is 0.669. The van der Waals surface area contributed by atoms with Crippen LogP contribution in [-0.4, -0.2) is 4.57 Å². The summed E-state index contributed by atoms with van der Waals surface area (Å²) in [5.74, 6) is 0. The molecule has 14 rings (SSSR count). The van der Waals surface area contributed by atoms with E-state index in [0.717, 1.165) is 66.9 Å². The van der Waals surface area contributed by atoms with E-state index in [-0.39, 0.29) is 0 Å². The van der Waals surface area contributed by atoms with Gasteiger partial charge < -0.3 is 13.9 Å². The fourth-order valence-electron chi connectivity index (χ4n) is 11.1. The maximum Gasteiger partial charge on any atom is 0.136 e. The van der Waals surface area contributed by atoms with Crippen molar-refractivity contribution in [1.82, 2.24) is 4.57 Å². The molecule has 0 atom stereocenters. The zero-order chi connectivity index (χ0) is 48.2. The van der Waals surface area contributed by atoms with E-state index < -0.39 is 0 Å². The first-order chi connectivity index (χ1) is 36.2. The molecule has 0 amide bonds. The van der Waals surface area contributed by atoms with Crippen LogP contribution in [0.25, 0.3) is 116 Å². The summed E-state index contributed by atoms with van der Waals surface area (Å²) >= 11 is 0. The molecule has 0 aliphatic heterocycles. The number of fused-ring (bicyclic) bond motifs is 7. The molecule has 0 fully saturated rings. The second kappa shape index (κ2) is 17.6. The number of furan rings is 1. The smallest absolute Gasteiger partial charge is 0.136 e. The Hall–Kier alpha value is -9.70. The van der Waals surface area contributed by atoms with Crippen LogP contribution >= 0.6 is 0 Å². The Kier molecular flexibility index (Phi) is 10.2. The fourth-order valence-corrected chi connectivity index (χ4v) is 11.1. The minimum absolute atomic E-state index is 0.895. The summed E-state index contributed by atoms with van der Waals surface area (Å²) in [4.78, 5) is 2.36. The van der Waals surface area contributed by atoms with E-state index in [1.165, 1.54) is 66.0 Å². The highest BCUT2D eigenvalue weighted by Crippen LogP contribution is 2.42. The second-order valence-corrected chi connectivity index (χ2v) is 18.9. The number of anilines is 3. The summed E-state index contributed by atoms with van der Waals surface area (Å²) in [5, 5.41) is 7.29. The van der Waals surface area contributed by atoms with Crippen LogP contribution in [0.15, 0.2) is 283 Å². The molecule has 0 spiro atoms. The van der Waals surface area contributed by atoms with Crippen LogP contribution in [-0.2, 0) is 0 Å². The summed E-state index contributed by atoms with van der Waals surface area (Å²) in [6, 6.07) is 101. The predicted octanol–water partition coefficient (Wildman–Crippen LogP) is 19.6. The molecule has 0 saturated heterocycles. The Morgan fingerprint density at radius 1 is 0.260 bits per heavy atom. The minimum atomic E-state index is 0.895. The van der Waals surface area contributed by atoms with Crippen molar-refractivity contribution in [2.75, 3.05) is 4.90 Å². The molecule has 342 valence electrons. The molecule has 3 heteroatoms. The molecule has 0 unspecified atom stereocenters. The van der Waals surface area contributed by atoms with E-state index in [2.05, 4.69) is 276 Å². The van der Waals surface area contributed by atoms with Crippen molar-refractivity contribution in [1.29, 1.82) is 0 Å². The third-order valence-electron chi connectivity index (χ3n) is 14.6. The molecule has 3 nitrogen and oxygen atoms in total. The van der Waals surface area contributed by atoms with Gasteiger partial charge >= 0.3 is 0 Å². The van der Waals surface area contributed by atoms with E-state index in [0.29, 0.717) is 0 Å². The van der Waals surface area contributed by atoms with E-state index >= 15 is 0 Å². The maximum absolute atomic E-state index is 6.32. The van der Waals surface area contributed by atoms with Crippen LogP contribution in [0.3, 0.4) is 0 Å². The number of rotatable bonds is 9. The van der Waals surface area contributed by atoms with E-state index in [9.17, 15) is 0 Å². The number of hydrogen-bond donors (Lipinski definition) is 0. The summed E-state index contributed by atoms with van der Waals surface area (Å²) in [5.41, 5.74) is 20.3. The summed E-state index contributed by atoms with van der Waals surface area (Å²) in [7, 11) is 0. The Morgan fingerprint density at radius 3 is 1.36 bits per heavy atom. The number of hydrogen-bond acceptors (Lipinski definition) is 2. The quantitative estimate of drug-likeness (QED) is 0.144. The zero-order valence-corrected chi connectivity index (χ0v) is 39.9. The van der Waals surface area contributed by atoms with Gasteiger partial charge in [-0.3, -0.25) is 0 Å². The SMILES string of the molecule is c1cc(-c2ccc(-c3ccc(N(c4ccc(-c5ccccc5-c5ccc6c(c5)oc5ccccc56)cc4)c4ccc(-c5cccc6ccccc56)cc4)cc3)cc2)cc(-n2c3ccccc3c3ccccc32)c1. The van der Waals surface area contributed by atoms with Crippen LogP contribution in [0.5, 0.6) is 0 Å². The lowest BCUT2D eigenvalue weighted by Crippen LogP contribution is -2.09. The van der Waals surface area contributed by atoms with Gasteiger partial charge in [0.25, 0.3) is 0 Å². The third kappa shape index (κ3) is 7.46. The number of para-hydroxylation sites is 3. The van der Waals surface area contributed by atoms with Gasteiger partial charge in [-0.05, 0) is 145 Å². The standard InChI is InChI=1S/C70H46N2O/c1-2-17-59-50(13-1)14-12-23-61(59)52-35-42-57(43-36-52)71(56-40-33-51(34-41-56)60-18-3-4-19-62(60)54-37-44-66-65-22-7-10-26-69(65)73-70(66)46-54)55-38-31-48(32-39-55)47-27-29-49(30-28-47)53-15-11-16-58(45-53)72-67-24-8-5-20-63(67)64-21-6-9-25-68(64)72/h1-46H. The Bertz CT molecular complexity index is 4290. The number of benzene rings is 12. The molecule has 0 saturated carbocycles. The lowest BCUT2D eigenvalue weighted by Gasteiger charge is -2.26. The van der Waals surface area contributed by atoms with Gasteiger partial charge in [0.1, 0.15) is 11.2 Å². The van der Waals surface area contributed by atoms with E-state index in [4.69, 9.17) is 4.42 Å². The Labute approximate surface area is 423 Å². The third-order valence-corrected chi connectivity index (χ3v) is 14.6. The Balaban J connectivity index is 0.791. The monoisotopic (exact) mass is 930 g/mol. The maximum atomic E-state index is 6.32. The molecule has 0 N–H and O–H groups in total. The van der Waals surface area contributed by atoms with Gasteiger partial charge in [-0.15, -0.1) is 0 Å². The molecule has 12 aromatic carbocycles. The number of nitrogens with zero attached hydrogens (tertiary/aromatic N) is 2. The lowest BCUT2D eigenvalue weighted by atomic mass is 9.94. The van der Waals surface area contributed by atoms with Crippen molar-refractivity contribution < 1.29 is 4.42 Å². The average Bonchev–Trinajstić information content (AvgIpc) is 4.01. The normalized spacial score (nSPS) is 11.6. The van der Waals surface area contributed by atoms with Crippen LogP contribution in [0, 0.1) is 0 Å². The van der Waals surface area contributed by atoms with Crippen molar-refractivity contribution >= 4 is 71.6 Å². The van der Waals surface area contributed by atoms with E-state index in [1.54, 1.807) is 0 Å². The molecule has 2 heterocycles. The first kappa shape index (κ1) is 42.2. The van der Waals surface area contributed by atoms with Crippen molar-refractivity contribution in [2.24, 2.45) is 0 Å². The molecule has 2 aromatic heterocycles. The van der Waals surface area contributed by atoms with Gasteiger partial charge in [0.05, 0.1) is 11.0 Å². The van der Waals surface area contributed by atoms with Crippen molar-refractivity contribution in [3.8, 4) is 61.3 Å². The van der Waals surface area contributed by atoms with Gasteiger partial charge in [-0.1, -0.05) is 200 Å². The van der Waals surface area contributed by atoms with Gasteiger partial charge in [-0.25, -0.2) is 0 Å². The zero-order valence-electron chi connectivity index (χ0n) is 39.9. The van der Waals surface area contributed by atoms with Crippen LogP contribution in [0.1, 0.15) is 0 Å². The molecule has 14 aromatic rings. The predicted molar refractivity (Wildman–Crippen MR) is 307 cm³/mol. The van der Waals surface area contributed by atoms with Crippen molar-refractivity contribution in [2.45, 2.75) is 0 Å². The van der Waals surface area contributed by atoms with Crippen LogP contribution in [0.2, 0.25) is 0 Å². The first-order valence-electron chi connectivity index (χ1n) is 25.0. The van der Waals surface area contributed by atoms with Gasteiger partial charge in [-0.2, -0.15) is 0 Å².